The van der Waals surface area contributed by atoms with Gasteiger partial charge in [-0.2, -0.15) is 0 Å². The van der Waals surface area contributed by atoms with Gasteiger partial charge in [0.2, 0.25) is 0 Å². The molecule has 1 atom stereocenters. The number of rotatable bonds is 4. The number of para-hydroxylation sites is 1. The Hall–Kier alpha value is -2.26. The summed E-state index contributed by atoms with van der Waals surface area (Å²) in [4.78, 5) is 6.07. The van der Waals surface area contributed by atoms with E-state index in [1.54, 1.807) is 11.1 Å². The van der Waals surface area contributed by atoms with Crippen LogP contribution in [0, 0.1) is 5.92 Å². The standard InChI is InChI=1S/C24H28N2O/c1-3-6-16(2)23-17-11-13-26(14-12-17)24(23)27-18-9-10-20-19-7-4-5-8-21(19)25-22(20)15-18/h4-5,7-10,15,17,24-25H,3,6,11-14H2,1-2H3. The van der Waals surface area contributed by atoms with Gasteiger partial charge in [-0.25, -0.2) is 0 Å². The van der Waals surface area contributed by atoms with E-state index in [9.17, 15) is 0 Å². The minimum atomic E-state index is 0.117. The first-order valence-corrected chi connectivity index (χ1v) is 10.4. The molecule has 0 radical (unpaired) electrons. The highest BCUT2D eigenvalue weighted by atomic mass is 16.5. The maximum absolute atomic E-state index is 6.62. The van der Waals surface area contributed by atoms with Crippen LogP contribution in [0.2, 0.25) is 0 Å². The van der Waals surface area contributed by atoms with Gasteiger partial charge in [0.25, 0.3) is 0 Å². The molecule has 3 aromatic rings. The van der Waals surface area contributed by atoms with Crippen molar-refractivity contribution in [1.82, 2.24) is 9.88 Å². The van der Waals surface area contributed by atoms with Gasteiger partial charge in [0, 0.05) is 35.4 Å². The fourth-order valence-corrected chi connectivity index (χ4v) is 5.10. The summed E-state index contributed by atoms with van der Waals surface area (Å²) >= 11 is 0. The molecule has 4 heterocycles. The van der Waals surface area contributed by atoms with E-state index in [1.165, 1.54) is 42.0 Å². The number of ether oxygens (including phenoxy) is 1. The van der Waals surface area contributed by atoms with Gasteiger partial charge in [0.05, 0.1) is 5.52 Å². The third-order valence-electron chi connectivity index (χ3n) is 6.41. The average molecular weight is 361 g/mol. The SMILES string of the molecule is CCCC(C)=C1C2CCN(CC2)C1Oc1ccc2c(c1)[nH]c1ccccc12. The molecule has 3 heteroatoms. The van der Waals surface area contributed by atoms with Crippen molar-refractivity contribution in [2.75, 3.05) is 13.1 Å². The van der Waals surface area contributed by atoms with Gasteiger partial charge in [0.1, 0.15) is 5.75 Å². The predicted octanol–water partition coefficient (Wildman–Crippen LogP) is 5.87. The highest BCUT2D eigenvalue weighted by Gasteiger charge is 2.40. The zero-order valence-corrected chi connectivity index (χ0v) is 16.3. The highest BCUT2D eigenvalue weighted by Crippen LogP contribution is 2.40. The molecule has 0 spiro atoms. The van der Waals surface area contributed by atoms with Crippen LogP contribution in [0.4, 0.5) is 0 Å². The van der Waals surface area contributed by atoms with Crippen molar-refractivity contribution in [2.24, 2.45) is 5.92 Å². The molecular weight excluding hydrogens is 332 g/mol. The summed E-state index contributed by atoms with van der Waals surface area (Å²) in [5.74, 6) is 1.68. The number of nitrogens with zero attached hydrogens (tertiary/aromatic N) is 1. The maximum Gasteiger partial charge on any atom is 0.175 e. The van der Waals surface area contributed by atoms with Crippen LogP contribution in [0.1, 0.15) is 39.5 Å². The van der Waals surface area contributed by atoms with Crippen LogP contribution in [0.15, 0.2) is 53.6 Å². The maximum atomic E-state index is 6.62. The van der Waals surface area contributed by atoms with Gasteiger partial charge in [-0.15, -0.1) is 0 Å². The van der Waals surface area contributed by atoms with Crippen molar-refractivity contribution < 1.29 is 4.74 Å². The first-order chi connectivity index (χ1) is 13.2. The van der Waals surface area contributed by atoms with E-state index < -0.39 is 0 Å². The molecule has 3 fully saturated rings. The zero-order valence-electron chi connectivity index (χ0n) is 16.3. The van der Waals surface area contributed by atoms with Gasteiger partial charge >= 0.3 is 0 Å². The summed E-state index contributed by atoms with van der Waals surface area (Å²) < 4.78 is 6.62. The molecule has 1 N–H and O–H groups in total. The molecule has 27 heavy (non-hydrogen) atoms. The summed E-state index contributed by atoms with van der Waals surface area (Å²) in [5.41, 5.74) is 5.44. The number of benzene rings is 2. The predicted molar refractivity (Wildman–Crippen MR) is 112 cm³/mol. The topological polar surface area (TPSA) is 28.3 Å². The fourth-order valence-electron chi connectivity index (χ4n) is 5.10. The Morgan fingerprint density at radius 2 is 1.85 bits per heavy atom. The Bertz CT molecular complexity index is 1010. The number of aromatic nitrogens is 1. The number of piperidine rings is 3. The lowest BCUT2D eigenvalue weighted by molar-refractivity contribution is -0.0146. The van der Waals surface area contributed by atoms with Crippen LogP contribution in [-0.4, -0.2) is 29.2 Å². The second-order valence-corrected chi connectivity index (χ2v) is 8.14. The summed E-state index contributed by atoms with van der Waals surface area (Å²) in [7, 11) is 0. The molecule has 0 aliphatic carbocycles. The van der Waals surface area contributed by atoms with Gasteiger partial charge in [-0.05, 0) is 55.9 Å². The minimum Gasteiger partial charge on any atom is -0.471 e. The molecule has 3 aliphatic heterocycles. The summed E-state index contributed by atoms with van der Waals surface area (Å²) in [6.45, 7) is 6.91. The lowest BCUT2D eigenvalue weighted by Gasteiger charge is -2.47. The molecule has 140 valence electrons. The number of fused-ring (bicyclic) bond motifs is 6. The number of hydrogen-bond donors (Lipinski definition) is 1. The van der Waals surface area contributed by atoms with E-state index in [-0.39, 0.29) is 6.23 Å². The average Bonchev–Trinajstić information content (AvgIpc) is 3.06. The Morgan fingerprint density at radius 1 is 1.07 bits per heavy atom. The van der Waals surface area contributed by atoms with Crippen molar-refractivity contribution in [1.29, 1.82) is 0 Å². The van der Waals surface area contributed by atoms with Crippen molar-refractivity contribution in [2.45, 2.75) is 45.8 Å². The summed E-state index contributed by atoms with van der Waals surface area (Å²) in [5, 5.41) is 2.54. The van der Waals surface area contributed by atoms with Gasteiger partial charge in [-0.3, -0.25) is 4.90 Å². The number of allylic oxidation sites excluding steroid dienone is 1. The second-order valence-electron chi connectivity index (χ2n) is 8.14. The van der Waals surface area contributed by atoms with Crippen LogP contribution >= 0.6 is 0 Å². The number of H-pyrrole nitrogens is 1. The van der Waals surface area contributed by atoms with Gasteiger partial charge in [0.15, 0.2) is 6.23 Å². The van der Waals surface area contributed by atoms with Crippen LogP contribution < -0.4 is 4.74 Å². The first-order valence-electron chi connectivity index (χ1n) is 10.4. The Labute approximate surface area is 161 Å². The van der Waals surface area contributed by atoms with E-state index >= 15 is 0 Å². The molecule has 6 rings (SSSR count). The Balaban J connectivity index is 1.51. The molecule has 3 aliphatic rings. The van der Waals surface area contributed by atoms with E-state index in [0.717, 1.165) is 24.4 Å². The van der Waals surface area contributed by atoms with Crippen molar-refractivity contribution in [3.63, 3.8) is 0 Å². The molecule has 1 unspecified atom stereocenters. The van der Waals surface area contributed by atoms with Gasteiger partial charge in [-0.1, -0.05) is 37.1 Å². The molecule has 0 amide bonds. The second kappa shape index (κ2) is 6.72. The third kappa shape index (κ3) is 2.85. The molecule has 1 aromatic heterocycles. The summed E-state index contributed by atoms with van der Waals surface area (Å²) in [6.07, 6.45) is 5.08. The highest BCUT2D eigenvalue weighted by molar-refractivity contribution is 6.07. The monoisotopic (exact) mass is 360 g/mol. The van der Waals surface area contributed by atoms with E-state index in [0.29, 0.717) is 5.92 Å². The van der Waals surface area contributed by atoms with Crippen molar-refractivity contribution in [3.05, 3.63) is 53.6 Å². The van der Waals surface area contributed by atoms with Crippen LogP contribution in [0.25, 0.3) is 21.8 Å². The van der Waals surface area contributed by atoms with Crippen LogP contribution in [-0.2, 0) is 0 Å². The van der Waals surface area contributed by atoms with Crippen LogP contribution in [0.3, 0.4) is 0 Å². The fraction of sp³-hybridized carbons (Fsp3) is 0.417. The molecule has 3 saturated heterocycles. The Kier molecular flexibility index (Phi) is 4.20. The third-order valence-corrected chi connectivity index (χ3v) is 6.41. The molecule has 3 nitrogen and oxygen atoms in total. The number of nitrogens with one attached hydrogen (secondary N) is 1. The summed E-state index contributed by atoms with van der Waals surface area (Å²) in [6, 6.07) is 15.0. The number of aromatic amines is 1. The minimum absolute atomic E-state index is 0.117. The van der Waals surface area contributed by atoms with Crippen LogP contribution in [0.5, 0.6) is 5.75 Å². The normalized spacial score (nSPS) is 26.7. The van der Waals surface area contributed by atoms with Crippen molar-refractivity contribution >= 4 is 21.8 Å². The molecular formula is C24H28N2O. The lowest BCUT2D eigenvalue weighted by Crippen LogP contribution is -2.53. The number of hydrogen-bond acceptors (Lipinski definition) is 2. The Morgan fingerprint density at radius 3 is 2.67 bits per heavy atom. The molecule has 2 bridgehead atoms. The zero-order chi connectivity index (χ0) is 18.4. The molecule has 2 aromatic carbocycles. The largest absolute Gasteiger partial charge is 0.471 e. The van der Waals surface area contributed by atoms with E-state index in [4.69, 9.17) is 4.74 Å². The molecule has 0 saturated carbocycles. The van der Waals surface area contributed by atoms with E-state index in [1.807, 2.05) is 0 Å². The quantitative estimate of drug-likeness (QED) is 0.590. The first kappa shape index (κ1) is 16.9. The smallest absolute Gasteiger partial charge is 0.175 e. The van der Waals surface area contributed by atoms with Crippen molar-refractivity contribution in [3.8, 4) is 5.75 Å². The van der Waals surface area contributed by atoms with Gasteiger partial charge < -0.3 is 9.72 Å². The lowest BCUT2D eigenvalue weighted by atomic mass is 9.79. The van der Waals surface area contributed by atoms with E-state index in [2.05, 4.69) is 66.2 Å².